The van der Waals surface area contributed by atoms with E-state index in [1.807, 2.05) is 6.07 Å². The van der Waals surface area contributed by atoms with Crippen molar-refractivity contribution < 1.29 is 0 Å². The van der Waals surface area contributed by atoms with Gasteiger partial charge in [-0.1, -0.05) is 12.1 Å². The summed E-state index contributed by atoms with van der Waals surface area (Å²) in [5, 5.41) is 3.39. The molecule has 0 atom stereocenters. The number of benzene rings is 1. The van der Waals surface area contributed by atoms with Crippen LogP contribution in [0.1, 0.15) is 19.4 Å². The van der Waals surface area contributed by atoms with E-state index in [9.17, 15) is 0 Å². The number of aryl methyl sites for hydroxylation is 1. The van der Waals surface area contributed by atoms with Gasteiger partial charge in [-0.25, -0.2) is 0 Å². The predicted molar refractivity (Wildman–Crippen MR) is 57.6 cm³/mol. The Labute approximate surface area is 82.3 Å². The van der Waals surface area contributed by atoms with E-state index >= 15 is 0 Å². The van der Waals surface area contributed by atoms with Crippen LogP contribution >= 0.6 is 15.9 Å². The molecule has 1 aromatic carbocycles. The van der Waals surface area contributed by atoms with Gasteiger partial charge >= 0.3 is 0 Å². The second-order valence-corrected chi connectivity index (χ2v) is 4.09. The number of hydrogen-bond donors (Lipinski definition) is 1. The van der Waals surface area contributed by atoms with Crippen LogP contribution in [0.15, 0.2) is 22.7 Å². The van der Waals surface area contributed by atoms with E-state index < -0.39 is 0 Å². The summed E-state index contributed by atoms with van der Waals surface area (Å²) in [6.45, 7) is 6.38. The van der Waals surface area contributed by atoms with Crippen molar-refractivity contribution in [1.82, 2.24) is 0 Å². The van der Waals surface area contributed by atoms with Crippen LogP contribution in [-0.2, 0) is 0 Å². The number of para-hydroxylation sites is 1. The van der Waals surface area contributed by atoms with Crippen LogP contribution in [0.3, 0.4) is 0 Å². The van der Waals surface area contributed by atoms with Gasteiger partial charge in [-0.05, 0) is 48.3 Å². The Bertz CT molecular complexity index is 248. The van der Waals surface area contributed by atoms with Crippen molar-refractivity contribution in [2.24, 2.45) is 0 Å². The van der Waals surface area contributed by atoms with Gasteiger partial charge in [-0.15, -0.1) is 0 Å². The second kappa shape index (κ2) is 3.94. The first-order valence-electron chi connectivity index (χ1n) is 4.13. The van der Waals surface area contributed by atoms with Crippen LogP contribution in [-0.4, -0.2) is 6.04 Å². The van der Waals surface area contributed by atoms with Crippen LogP contribution < -0.4 is 5.32 Å². The number of rotatable bonds is 2. The molecule has 2 heteroatoms. The molecule has 0 unspecified atom stereocenters. The summed E-state index contributed by atoms with van der Waals surface area (Å²) in [6, 6.07) is 6.68. The monoisotopic (exact) mass is 227 g/mol. The predicted octanol–water partition coefficient (Wildman–Crippen LogP) is 3.58. The fourth-order valence-electron chi connectivity index (χ4n) is 1.10. The maximum absolute atomic E-state index is 3.51. The van der Waals surface area contributed by atoms with Gasteiger partial charge in [-0.2, -0.15) is 0 Å². The summed E-state index contributed by atoms with van der Waals surface area (Å²) in [5.74, 6) is 0. The maximum Gasteiger partial charge on any atom is 0.0516 e. The van der Waals surface area contributed by atoms with Crippen molar-refractivity contribution in [3.05, 3.63) is 28.2 Å². The van der Waals surface area contributed by atoms with Crippen molar-refractivity contribution in [2.45, 2.75) is 26.8 Å². The van der Waals surface area contributed by atoms with Crippen molar-refractivity contribution in [3.63, 3.8) is 0 Å². The van der Waals surface area contributed by atoms with Crippen molar-refractivity contribution in [2.75, 3.05) is 5.32 Å². The Kier molecular flexibility index (Phi) is 3.15. The Morgan fingerprint density at radius 1 is 1.33 bits per heavy atom. The van der Waals surface area contributed by atoms with Crippen LogP contribution in [0.25, 0.3) is 0 Å². The summed E-state index contributed by atoms with van der Waals surface area (Å²) in [6.07, 6.45) is 0. The lowest BCUT2D eigenvalue weighted by molar-refractivity contribution is 0.896. The molecule has 66 valence electrons. The number of halogens is 1. The highest BCUT2D eigenvalue weighted by molar-refractivity contribution is 9.10. The average Bonchev–Trinajstić information content (AvgIpc) is 1.97. The maximum atomic E-state index is 3.51. The molecule has 0 saturated carbocycles. The molecule has 0 bridgehead atoms. The Balaban J connectivity index is 2.96. The fourth-order valence-corrected chi connectivity index (χ4v) is 1.68. The largest absolute Gasteiger partial charge is 0.382 e. The van der Waals surface area contributed by atoms with E-state index in [0.717, 1.165) is 4.47 Å². The van der Waals surface area contributed by atoms with Gasteiger partial charge in [0.2, 0.25) is 0 Å². The molecule has 0 amide bonds. The molecule has 0 aliphatic rings. The molecule has 12 heavy (non-hydrogen) atoms. The number of nitrogens with one attached hydrogen (secondary N) is 1. The second-order valence-electron chi connectivity index (χ2n) is 3.23. The number of anilines is 1. The third kappa shape index (κ3) is 2.24. The first kappa shape index (κ1) is 9.59. The summed E-state index contributed by atoms with van der Waals surface area (Å²) < 4.78 is 1.14. The van der Waals surface area contributed by atoms with Crippen molar-refractivity contribution >= 4 is 21.6 Å². The molecular formula is C10H14BrN. The first-order chi connectivity index (χ1) is 5.61. The van der Waals surface area contributed by atoms with Crippen molar-refractivity contribution in [1.29, 1.82) is 0 Å². The molecule has 0 saturated heterocycles. The molecule has 0 aliphatic heterocycles. The average molecular weight is 228 g/mol. The smallest absolute Gasteiger partial charge is 0.0516 e. The van der Waals surface area contributed by atoms with Crippen molar-refractivity contribution in [3.8, 4) is 0 Å². The molecule has 0 aliphatic carbocycles. The molecule has 1 nitrogen and oxygen atoms in total. The van der Waals surface area contributed by atoms with Gasteiger partial charge < -0.3 is 5.32 Å². The third-order valence-corrected chi connectivity index (χ3v) is 2.32. The zero-order chi connectivity index (χ0) is 9.14. The van der Waals surface area contributed by atoms with Gasteiger partial charge in [0.15, 0.2) is 0 Å². The molecule has 1 N–H and O–H groups in total. The number of hydrogen-bond acceptors (Lipinski definition) is 1. The fraction of sp³-hybridized carbons (Fsp3) is 0.400. The van der Waals surface area contributed by atoms with E-state index in [0.29, 0.717) is 6.04 Å². The van der Waals surface area contributed by atoms with E-state index in [2.05, 4.69) is 54.2 Å². The lowest BCUT2D eigenvalue weighted by Crippen LogP contribution is -2.11. The van der Waals surface area contributed by atoms with Gasteiger partial charge in [0.05, 0.1) is 5.69 Å². The van der Waals surface area contributed by atoms with Crippen LogP contribution in [0.4, 0.5) is 5.69 Å². The van der Waals surface area contributed by atoms with E-state index in [1.165, 1.54) is 11.3 Å². The standard InChI is InChI=1S/C10H14BrN/c1-7(2)12-10-8(3)5-4-6-9(10)11/h4-7,12H,1-3H3. The normalized spacial score (nSPS) is 10.4. The SMILES string of the molecule is Cc1cccc(Br)c1NC(C)C. The molecular weight excluding hydrogens is 214 g/mol. The van der Waals surface area contributed by atoms with E-state index in [1.54, 1.807) is 0 Å². The quantitative estimate of drug-likeness (QED) is 0.815. The highest BCUT2D eigenvalue weighted by Gasteiger charge is 2.02. The Morgan fingerprint density at radius 3 is 2.50 bits per heavy atom. The summed E-state index contributed by atoms with van der Waals surface area (Å²) in [7, 11) is 0. The Morgan fingerprint density at radius 2 is 2.00 bits per heavy atom. The lowest BCUT2D eigenvalue weighted by Gasteiger charge is -2.14. The summed E-state index contributed by atoms with van der Waals surface area (Å²) in [4.78, 5) is 0. The highest BCUT2D eigenvalue weighted by atomic mass is 79.9. The van der Waals surface area contributed by atoms with E-state index in [4.69, 9.17) is 0 Å². The Hall–Kier alpha value is -0.500. The molecule has 0 heterocycles. The zero-order valence-electron chi connectivity index (χ0n) is 7.69. The van der Waals surface area contributed by atoms with Crippen LogP contribution in [0.2, 0.25) is 0 Å². The van der Waals surface area contributed by atoms with E-state index in [-0.39, 0.29) is 0 Å². The molecule has 1 rings (SSSR count). The molecule has 0 spiro atoms. The molecule has 0 aromatic heterocycles. The first-order valence-corrected chi connectivity index (χ1v) is 4.92. The van der Waals surface area contributed by atoms with Gasteiger partial charge in [0.25, 0.3) is 0 Å². The van der Waals surface area contributed by atoms with Gasteiger partial charge in [0, 0.05) is 10.5 Å². The van der Waals surface area contributed by atoms with Gasteiger partial charge in [0.1, 0.15) is 0 Å². The van der Waals surface area contributed by atoms with Crippen LogP contribution in [0.5, 0.6) is 0 Å². The summed E-state index contributed by atoms with van der Waals surface area (Å²) in [5.41, 5.74) is 2.48. The topological polar surface area (TPSA) is 12.0 Å². The minimum absolute atomic E-state index is 0.474. The lowest BCUT2D eigenvalue weighted by atomic mass is 10.2. The molecule has 0 fully saturated rings. The highest BCUT2D eigenvalue weighted by Crippen LogP contribution is 2.26. The zero-order valence-corrected chi connectivity index (χ0v) is 9.27. The summed E-state index contributed by atoms with van der Waals surface area (Å²) >= 11 is 3.51. The van der Waals surface area contributed by atoms with Crippen LogP contribution in [0, 0.1) is 6.92 Å². The minimum Gasteiger partial charge on any atom is -0.382 e. The third-order valence-electron chi connectivity index (χ3n) is 1.65. The molecule has 0 radical (unpaired) electrons. The molecule has 1 aromatic rings. The minimum atomic E-state index is 0.474. The van der Waals surface area contributed by atoms with Gasteiger partial charge in [-0.3, -0.25) is 0 Å².